The van der Waals surface area contributed by atoms with Crippen LogP contribution in [0.4, 0.5) is 4.79 Å². The molecule has 9 nitrogen and oxygen atoms in total. The van der Waals surface area contributed by atoms with Crippen LogP contribution >= 0.6 is 0 Å². The fraction of sp³-hybridized carbons (Fsp3) is 0.778. The highest BCUT2D eigenvalue weighted by atomic mass is 32.3. The van der Waals surface area contributed by atoms with Crippen LogP contribution < -0.4 is 0 Å². The number of fused-ring (bicyclic) bond motifs is 4. The van der Waals surface area contributed by atoms with Gasteiger partial charge in [-0.1, -0.05) is 0 Å². The lowest BCUT2D eigenvalue weighted by molar-refractivity contribution is -0.130. The molecule has 0 aromatic carbocycles. The standard InChI is InChI=1S/C9H13N3O6S/c1-10-3-5-2-6-4-11(7(5)8(10)13)9(14)12(6)18-19(15,16)17/h5-7H,2-4H2,1H3,(H,15,16,17). The van der Waals surface area contributed by atoms with Crippen LogP contribution in [0.3, 0.4) is 0 Å². The van der Waals surface area contributed by atoms with E-state index in [9.17, 15) is 18.0 Å². The molecule has 0 radical (unpaired) electrons. The molecular formula is C9H13N3O6S. The Morgan fingerprint density at radius 3 is 2.63 bits per heavy atom. The summed E-state index contributed by atoms with van der Waals surface area (Å²) in [7, 11) is -3.07. The van der Waals surface area contributed by atoms with Gasteiger partial charge >= 0.3 is 16.4 Å². The molecule has 106 valence electrons. The Labute approximate surface area is 109 Å². The van der Waals surface area contributed by atoms with Crippen molar-refractivity contribution in [1.82, 2.24) is 14.9 Å². The normalized spacial score (nSPS) is 34.2. The van der Waals surface area contributed by atoms with Crippen LogP contribution in [0.25, 0.3) is 0 Å². The van der Waals surface area contributed by atoms with Crippen molar-refractivity contribution in [3.8, 4) is 0 Å². The van der Waals surface area contributed by atoms with E-state index in [4.69, 9.17) is 4.55 Å². The molecule has 10 heteroatoms. The number of hydrogen-bond donors (Lipinski definition) is 1. The van der Waals surface area contributed by atoms with Crippen molar-refractivity contribution in [3.05, 3.63) is 0 Å². The summed E-state index contributed by atoms with van der Waals surface area (Å²) in [6.07, 6.45) is 0.471. The fourth-order valence-electron chi connectivity index (χ4n) is 3.17. The first-order valence-electron chi connectivity index (χ1n) is 5.80. The first-order chi connectivity index (χ1) is 8.78. The van der Waals surface area contributed by atoms with Crippen molar-refractivity contribution in [2.24, 2.45) is 5.92 Å². The average Bonchev–Trinajstić information content (AvgIpc) is 2.70. The number of amides is 3. The molecule has 3 aliphatic rings. The SMILES string of the molecule is CN1CC2CC3CN(C(=O)N3OS(=O)(=O)O)C2C1=O. The zero-order valence-electron chi connectivity index (χ0n) is 10.1. The van der Waals surface area contributed by atoms with Crippen LogP contribution in [-0.4, -0.2) is 72.0 Å². The lowest BCUT2D eigenvalue weighted by Gasteiger charge is -2.30. The maximum absolute atomic E-state index is 12.0. The number of urea groups is 1. The molecule has 0 spiro atoms. The largest absolute Gasteiger partial charge is 0.418 e. The summed E-state index contributed by atoms with van der Waals surface area (Å²) < 4.78 is 34.4. The van der Waals surface area contributed by atoms with Gasteiger partial charge in [-0.25, -0.2) is 4.79 Å². The molecule has 3 unspecified atom stereocenters. The van der Waals surface area contributed by atoms with Crippen molar-refractivity contribution in [2.45, 2.75) is 18.5 Å². The molecule has 19 heavy (non-hydrogen) atoms. The molecular weight excluding hydrogens is 278 g/mol. The van der Waals surface area contributed by atoms with Gasteiger partial charge in [0.05, 0.1) is 6.04 Å². The second-order valence-corrected chi connectivity index (χ2v) is 6.08. The summed E-state index contributed by atoms with van der Waals surface area (Å²) in [5.41, 5.74) is 0. The lowest BCUT2D eigenvalue weighted by Crippen LogP contribution is -2.47. The van der Waals surface area contributed by atoms with Crippen molar-refractivity contribution in [2.75, 3.05) is 20.1 Å². The minimum absolute atomic E-state index is 0.0322. The quantitative estimate of drug-likeness (QED) is 0.633. The number of likely N-dealkylation sites (tertiary alicyclic amines) is 1. The summed E-state index contributed by atoms with van der Waals surface area (Å²) >= 11 is 0. The van der Waals surface area contributed by atoms with Crippen LogP contribution in [-0.2, 0) is 19.5 Å². The maximum atomic E-state index is 12.0. The van der Waals surface area contributed by atoms with Crippen LogP contribution in [0.1, 0.15) is 6.42 Å². The minimum atomic E-state index is -4.74. The topological polar surface area (TPSA) is 107 Å². The van der Waals surface area contributed by atoms with Crippen molar-refractivity contribution < 1.29 is 26.8 Å². The molecule has 0 aromatic rings. The first kappa shape index (κ1) is 12.6. The van der Waals surface area contributed by atoms with Crippen molar-refractivity contribution in [3.63, 3.8) is 0 Å². The number of nitrogens with zero attached hydrogens (tertiary/aromatic N) is 3. The van der Waals surface area contributed by atoms with Crippen LogP contribution in [0, 0.1) is 5.92 Å². The van der Waals surface area contributed by atoms with E-state index in [0.717, 1.165) is 0 Å². The van der Waals surface area contributed by atoms with E-state index in [1.807, 2.05) is 0 Å². The molecule has 3 fully saturated rings. The van der Waals surface area contributed by atoms with E-state index in [0.29, 0.717) is 18.0 Å². The number of carbonyl (C=O) groups excluding carboxylic acids is 2. The van der Waals surface area contributed by atoms with Crippen LogP contribution in [0.15, 0.2) is 0 Å². The van der Waals surface area contributed by atoms with Gasteiger partial charge in [-0.2, -0.15) is 13.5 Å². The van der Waals surface area contributed by atoms with E-state index in [-0.39, 0.29) is 18.4 Å². The predicted molar refractivity (Wildman–Crippen MR) is 59.9 cm³/mol. The number of hydrogen-bond acceptors (Lipinski definition) is 5. The monoisotopic (exact) mass is 291 g/mol. The highest BCUT2D eigenvalue weighted by Crippen LogP contribution is 2.38. The minimum Gasteiger partial charge on any atom is -0.344 e. The van der Waals surface area contributed by atoms with E-state index in [1.54, 1.807) is 11.9 Å². The van der Waals surface area contributed by atoms with E-state index >= 15 is 0 Å². The van der Waals surface area contributed by atoms with Gasteiger partial charge in [-0.3, -0.25) is 9.35 Å². The Morgan fingerprint density at radius 1 is 1.32 bits per heavy atom. The fourth-order valence-corrected chi connectivity index (χ4v) is 3.56. The molecule has 0 aliphatic carbocycles. The number of carbonyl (C=O) groups is 2. The molecule has 3 saturated heterocycles. The molecule has 3 heterocycles. The van der Waals surface area contributed by atoms with Gasteiger partial charge < -0.3 is 9.80 Å². The zero-order valence-corrected chi connectivity index (χ0v) is 10.9. The predicted octanol–water partition coefficient (Wildman–Crippen LogP) is -1.31. The molecule has 0 saturated carbocycles. The number of rotatable bonds is 2. The Hall–Kier alpha value is -1.39. The third kappa shape index (κ3) is 1.86. The molecule has 3 amide bonds. The van der Waals surface area contributed by atoms with Crippen LogP contribution in [0.2, 0.25) is 0 Å². The van der Waals surface area contributed by atoms with Gasteiger partial charge in [0.1, 0.15) is 6.04 Å². The number of hydroxylamine groups is 2. The molecule has 1 N–H and O–H groups in total. The Balaban J connectivity index is 1.88. The van der Waals surface area contributed by atoms with Gasteiger partial charge in [0.25, 0.3) is 0 Å². The number of likely N-dealkylation sites (N-methyl/N-ethyl adjacent to an activating group) is 1. The molecule has 3 atom stereocenters. The summed E-state index contributed by atoms with van der Waals surface area (Å²) in [6, 6.07) is -1.71. The molecule has 3 rings (SSSR count). The summed E-state index contributed by atoms with van der Waals surface area (Å²) in [6.45, 7) is 0.762. The zero-order chi connectivity index (χ0) is 13.9. The van der Waals surface area contributed by atoms with E-state index in [1.165, 1.54) is 4.90 Å². The maximum Gasteiger partial charge on any atom is 0.418 e. The van der Waals surface area contributed by atoms with E-state index in [2.05, 4.69) is 4.28 Å². The smallest absolute Gasteiger partial charge is 0.344 e. The Kier molecular flexibility index (Phi) is 2.53. The number of piperidine rings is 1. The molecule has 0 aromatic heterocycles. The summed E-state index contributed by atoms with van der Waals surface area (Å²) in [5.74, 6) is -0.180. The van der Waals surface area contributed by atoms with Crippen molar-refractivity contribution >= 4 is 22.3 Å². The third-order valence-electron chi connectivity index (χ3n) is 3.84. The van der Waals surface area contributed by atoms with Gasteiger partial charge in [0.15, 0.2) is 0 Å². The second kappa shape index (κ2) is 3.81. The highest BCUT2D eigenvalue weighted by Gasteiger charge is 2.56. The van der Waals surface area contributed by atoms with Gasteiger partial charge in [-0.15, -0.1) is 4.28 Å². The molecule has 2 bridgehead atoms. The first-order valence-corrected chi connectivity index (χ1v) is 7.16. The van der Waals surface area contributed by atoms with Gasteiger partial charge in [-0.05, 0) is 6.42 Å². The average molecular weight is 291 g/mol. The van der Waals surface area contributed by atoms with Crippen molar-refractivity contribution in [1.29, 1.82) is 0 Å². The van der Waals surface area contributed by atoms with Gasteiger partial charge in [0, 0.05) is 26.1 Å². The lowest BCUT2D eigenvalue weighted by atomic mass is 9.91. The Morgan fingerprint density at radius 2 is 2.00 bits per heavy atom. The third-order valence-corrected chi connectivity index (χ3v) is 4.19. The van der Waals surface area contributed by atoms with E-state index < -0.39 is 28.5 Å². The van der Waals surface area contributed by atoms with Crippen LogP contribution in [0.5, 0.6) is 0 Å². The Bertz CT molecular complexity index is 548. The highest BCUT2D eigenvalue weighted by molar-refractivity contribution is 7.80. The summed E-state index contributed by atoms with van der Waals surface area (Å²) in [4.78, 5) is 26.9. The second-order valence-electron chi connectivity index (χ2n) is 5.08. The molecule has 3 aliphatic heterocycles. The van der Waals surface area contributed by atoms with Gasteiger partial charge in [0.2, 0.25) is 5.91 Å². The summed E-state index contributed by atoms with van der Waals surface area (Å²) in [5, 5.41) is 0.654.